The summed E-state index contributed by atoms with van der Waals surface area (Å²) in [5.41, 5.74) is 0. The second-order valence-electron chi connectivity index (χ2n) is 7.94. The fraction of sp³-hybridized carbons (Fsp3) is 0.895. The average molecular weight is 292 g/mol. The van der Waals surface area contributed by atoms with Gasteiger partial charge in [0, 0.05) is 23.7 Å². The Kier molecular flexibility index (Phi) is 4.66. The van der Waals surface area contributed by atoms with Crippen molar-refractivity contribution in [2.24, 2.45) is 53.3 Å². The zero-order chi connectivity index (χ0) is 16.1. The SMILES string of the molecule is CCC(C1C(=O)C(C)C(C)C1C)C1C(=O)C(C)C(C)C1C. The third-order valence-corrected chi connectivity index (χ3v) is 7.32. The first-order valence-electron chi connectivity index (χ1n) is 8.81. The minimum absolute atomic E-state index is 0.0916. The van der Waals surface area contributed by atoms with E-state index < -0.39 is 0 Å². The van der Waals surface area contributed by atoms with Crippen molar-refractivity contribution in [3.05, 3.63) is 0 Å². The third kappa shape index (κ3) is 2.39. The summed E-state index contributed by atoms with van der Waals surface area (Å²) in [6.45, 7) is 15.1. The minimum atomic E-state index is 0.0916. The Hall–Kier alpha value is -0.660. The zero-order valence-electron chi connectivity index (χ0n) is 14.7. The monoisotopic (exact) mass is 292 g/mol. The molecule has 0 aliphatic heterocycles. The molecule has 0 N–H and O–H groups in total. The molecular weight excluding hydrogens is 260 g/mol. The van der Waals surface area contributed by atoms with E-state index in [1.54, 1.807) is 0 Å². The van der Waals surface area contributed by atoms with Crippen LogP contribution in [-0.4, -0.2) is 11.6 Å². The lowest BCUT2D eigenvalue weighted by Crippen LogP contribution is -2.35. The Balaban J connectivity index is 2.32. The number of rotatable bonds is 3. The first kappa shape index (κ1) is 16.7. The van der Waals surface area contributed by atoms with E-state index >= 15 is 0 Å². The van der Waals surface area contributed by atoms with E-state index in [4.69, 9.17) is 0 Å². The van der Waals surface area contributed by atoms with Crippen LogP contribution in [0.4, 0.5) is 0 Å². The van der Waals surface area contributed by atoms with Crippen molar-refractivity contribution >= 4 is 11.6 Å². The Morgan fingerprint density at radius 3 is 1.24 bits per heavy atom. The highest BCUT2D eigenvalue weighted by atomic mass is 16.1. The zero-order valence-corrected chi connectivity index (χ0v) is 14.7. The molecule has 120 valence electrons. The summed E-state index contributed by atoms with van der Waals surface area (Å²) in [4.78, 5) is 25.5. The molecule has 2 fully saturated rings. The fourth-order valence-corrected chi connectivity index (χ4v) is 5.14. The van der Waals surface area contributed by atoms with Crippen molar-refractivity contribution in [2.45, 2.75) is 54.9 Å². The van der Waals surface area contributed by atoms with Crippen molar-refractivity contribution in [2.75, 3.05) is 0 Å². The van der Waals surface area contributed by atoms with E-state index in [2.05, 4.69) is 48.5 Å². The maximum absolute atomic E-state index is 12.7. The molecule has 0 heterocycles. The van der Waals surface area contributed by atoms with Crippen LogP contribution in [0.3, 0.4) is 0 Å². The average Bonchev–Trinajstić information content (AvgIpc) is 2.77. The van der Waals surface area contributed by atoms with E-state index in [9.17, 15) is 9.59 Å². The van der Waals surface area contributed by atoms with Crippen molar-refractivity contribution in [1.82, 2.24) is 0 Å². The molecule has 2 saturated carbocycles. The predicted octanol–water partition coefficient (Wildman–Crippen LogP) is 4.23. The van der Waals surface area contributed by atoms with Crippen LogP contribution in [-0.2, 0) is 9.59 Å². The van der Waals surface area contributed by atoms with Gasteiger partial charge in [-0.1, -0.05) is 54.9 Å². The van der Waals surface area contributed by atoms with Gasteiger partial charge in [0.25, 0.3) is 0 Å². The standard InChI is InChI=1S/C19H32O2/c1-8-15(16-11(4)9(2)13(6)18(16)20)17-12(5)10(3)14(7)19(17)21/h9-17H,8H2,1-7H3. The number of hydrogen-bond donors (Lipinski definition) is 0. The van der Waals surface area contributed by atoms with Gasteiger partial charge >= 0.3 is 0 Å². The molecule has 2 aliphatic rings. The van der Waals surface area contributed by atoms with Gasteiger partial charge in [0.2, 0.25) is 0 Å². The van der Waals surface area contributed by atoms with E-state index in [1.807, 2.05) is 0 Å². The number of carbonyl (C=O) groups excluding carboxylic acids is 2. The lowest BCUT2D eigenvalue weighted by atomic mass is 9.70. The second-order valence-corrected chi connectivity index (χ2v) is 7.94. The summed E-state index contributed by atoms with van der Waals surface area (Å²) in [7, 11) is 0. The molecule has 2 rings (SSSR count). The first-order valence-corrected chi connectivity index (χ1v) is 8.81. The van der Waals surface area contributed by atoms with Gasteiger partial charge in [-0.05, 0) is 29.6 Å². The van der Waals surface area contributed by atoms with E-state index in [1.165, 1.54) is 0 Å². The summed E-state index contributed by atoms with van der Waals surface area (Å²) in [6.07, 6.45) is 0.945. The van der Waals surface area contributed by atoms with Crippen LogP contribution in [0.1, 0.15) is 54.9 Å². The van der Waals surface area contributed by atoms with E-state index in [-0.39, 0.29) is 29.6 Å². The second kappa shape index (κ2) is 5.85. The van der Waals surface area contributed by atoms with Gasteiger partial charge in [-0.2, -0.15) is 0 Å². The quantitative estimate of drug-likeness (QED) is 0.780. The summed E-state index contributed by atoms with van der Waals surface area (Å²) < 4.78 is 0. The summed E-state index contributed by atoms with van der Waals surface area (Å²) in [6, 6.07) is 0. The highest BCUT2D eigenvalue weighted by molar-refractivity contribution is 5.89. The molecule has 8 atom stereocenters. The molecule has 0 aromatic heterocycles. The number of Topliss-reactive ketones (excluding diaryl/α,β-unsaturated/α-hetero) is 2. The normalized spacial score (nSPS) is 48.9. The molecule has 21 heavy (non-hydrogen) atoms. The van der Waals surface area contributed by atoms with Crippen LogP contribution < -0.4 is 0 Å². The van der Waals surface area contributed by atoms with Gasteiger partial charge in [0.1, 0.15) is 11.6 Å². The largest absolute Gasteiger partial charge is 0.299 e. The van der Waals surface area contributed by atoms with E-state index in [0.717, 1.165) is 6.42 Å². The van der Waals surface area contributed by atoms with Gasteiger partial charge in [-0.25, -0.2) is 0 Å². The maximum atomic E-state index is 12.7. The van der Waals surface area contributed by atoms with Crippen molar-refractivity contribution < 1.29 is 9.59 Å². The number of hydrogen-bond acceptors (Lipinski definition) is 2. The van der Waals surface area contributed by atoms with Crippen LogP contribution >= 0.6 is 0 Å². The van der Waals surface area contributed by atoms with Gasteiger partial charge in [-0.3, -0.25) is 9.59 Å². The molecule has 8 unspecified atom stereocenters. The minimum Gasteiger partial charge on any atom is -0.299 e. The Bertz CT molecular complexity index is 389. The molecule has 0 spiro atoms. The van der Waals surface area contributed by atoms with E-state index in [0.29, 0.717) is 35.2 Å². The summed E-state index contributed by atoms with van der Waals surface area (Å²) in [5.74, 6) is 3.26. The molecule has 0 amide bonds. The van der Waals surface area contributed by atoms with Gasteiger partial charge in [0.15, 0.2) is 0 Å². The highest BCUT2D eigenvalue weighted by Gasteiger charge is 2.53. The highest BCUT2D eigenvalue weighted by Crippen LogP contribution is 2.51. The maximum Gasteiger partial charge on any atom is 0.139 e. The Morgan fingerprint density at radius 2 is 1.05 bits per heavy atom. The Morgan fingerprint density at radius 1 is 0.714 bits per heavy atom. The lowest BCUT2D eigenvalue weighted by Gasteiger charge is -2.33. The van der Waals surface area contributed by atoms with Crippen LogP contribution in [0.15, 0.2) is 0 Å². The summed E-state index contributed by atoms with van der Waals surface area (Å²) in [5, 5.41) is 0. The van der Waals surface area contributed by atoms with Crippen LogP contribution in [0.25, 0.3) is 0 Å². The van der Waals surface area contributed by atoms with Crippen molar-refractivity contribution in [1.29, 1.82) is 0 Å². The number of ketones is 2. The molecule has 0 saturated heterocycles. The van der Waals surface area contributed by atoms with Gasteiger partial charge in [0.05, 0.1) is 0 Å². The molecule has 0 aromatic rings. The smallest absolute Gasteiger partial charge is 0.139 e. The van der Waals surface area contributed by atoms with Crippen LogP contribution in [0, 0.1) is 53.3 Å². The van der Waals surface area contributed by atoms with Crippen molar-refractivity contribution in [3.8, 4) is 0 Å². The fourth-order valence-electron chi connectivity index (χ4n) is 5.14. The summed E-state index contributed by atoms with van der Waals surface area (Å²) >= 11 is 0. The van der Waals surface area contributed by atoms with Crippen LogP contribution in [0.2, 0.25) is 0 Å². The topological polar surface area (TPSA) is 34.1 Å². The predicted molar refractivity (Wildman–Crippen MR) is 85.8 cm³/mol. The molecule has 0 bridgehead atoms. The van der Waals surface area contributed by atoms with Gasteiger partial charge < -0.3 is 0 Å². The van der Waals surface area contributed by atoms with Crippen LogP contribution in [0.5, 0.6) is 0 Å². The third-order valence-electron chi connectivity index (χ3n) is 7.32. The molecule has 0 aromatic carbocycles. The van der Waals surface area contributed by atoms with Crippen molar-refractivity contribution in [3.63, 3.8) is 0 Å². The molecule has 2 nitrogen and oxygen atoms in total. The first-order chi connectivity index (χ1) is 9.73. The lowest BCUT2D eigenvalue weighted by molar-refractivity contribution is -0.130. The van der Waals surface area contributed by atoms with Gasteiger partial charge in [-0.15, -0.1) is 0 Å². The molecular formula is C19H32O2. The Labute approximate surface area is 130 Å². The molecule has 0 radical (unpaired) electrons. The molecule has 2 aliphatic carbocycles. The number of carbonyl (C=O) groups is 2. The molecule has 2 heteroatoms.